The van der Waals surface area contributed by atoms with Crippen molar-refractivity contribution in [1.29, 1.82) is 0 Å². The standard InChI is InChI=1S/C14H22ClNS/c1-4-9-16-14(5-2)11(3)17-13-8-6-7-12(15)10-13/h6-8,10-11,14,16H,4-5,9H2,1-3H3. The van der Waals surface area contributed by atoms with Gasteiger partial charge in [-0.2, -0.15) is 0 Å². The summed E-state index contributed by atoms with van der Waals surface area (Å²) in [4.78, 5) is 1.25. The Hall–Kier alpha value is -0.180. The van der Waals surface area contributed by atoms with E-state index >= 15 is 0 Å². The Bertz CT molecular complexity index is 330. The number of hydrogen-bond acceptors (Lipinski definition) is 2. The zero-order chi connectivity index (χ0) is 12.7. The molecule has 0 amide bonds. The SMILES string of the molecule is CCCNC(CC)C(C)Sc1cccc(Cl)c1. The molecule has 0 heterocycles. The lowest BCUT2D eigenvalue weighted by atomic mass is 10.1. The quantitative estimate of drug-likeness (QED) is 0.728. The van der Waals surface area contributed by atoms with Gasteiger partial charge < -0.3 is 5.32 Å². The average molecular weight is 272 g/mol. The highest BCUT2D eigenvalue weighted by Crippen LogP contribution is 2.28. The van der Waals surface area contributed by atoms with Gasteiger partial charge in [0.15, 0.2) is 0 Å². The molecule has 1 N–H and O–H groups in total. The molecule has 0 fully saturated rings. The third-order valence-electron chi connectivity index (χ3n) is 2.78. The van der Waals surface area contributed by atoms with E-state index in [0.717, 1.165) is 18.0 Å². The zero-order valence-corrected chi connectivity index (χ0v) is 12.4. The van der Waals surface area contributed by atoms with Crippen molar-refractivity contribution in [3.8, 4) is 0 Å². The predicted octanol–water partition coefficient (Wildman–Crippen LogP) is 4.60. The Morgan fingerprint density at radius 3 is 2.71 bits per heavy atom. The fraction of sp³-hybridized carbons (Fsp3) is 0.571. The van der Waals surface area contributed by atoms with Crippen LogP contribution in [-0.2, 0) is 0 Å². The van der Waals surface area contributed by atoms with Crippen LogP contribution in [0.3, 0.4) is 0 Å². The first-order valence-electron chi connectivity index (χ1n) is 6.33. The van der Waals surface area contributed by atoms with Gasteiger partial charge >= 0.3 is 0 Å². The first-order valence-corrected chi connectivity index (χ1v) is 7.58. The number of benzene rings is 1. The lowest BCUT2D eigenvalue weighted by Gasteiger charge is -2.23. The van der Waals surface area contributed by atoms with Crippen LogP contribution in [0.2, 0.25) is 5.02 Å². The molecule has 0 bridgehead atoms. The van der Waals surface area contributed by atoms with E-state index in [-0.39, 0.29) is 0 Å². The van der Waals surface area contributed by atoms with Gasteiger partial charge in [0, 0.05) is 21.2 Å². The van der Waals surface area contributed by atoms with Crippen molar-refractivity contribution in [1.82, 2.24) is 5.32 Å². The van der Waals surface area contributed by atoms with Crippen molar-refractivity contribution in [2.75, 3.05) is 6.54 Å². The molecule has 1 aromatic rings. The molecule has 3 heteroatoms. The number of halogens is 1. The molecular formula is C14H22ClNS. The smallest absolute Gasteiger partial charge is 0.0417 e. The Balaban J connectivity index is 2.54. The van der Waals surface area contributed by atoms with Crippen molar-refractivity contribution in [3.63, 3.8) is 0 Å². The second kappa shape index (κ2) is 8.02. The molecular weight excluding hydrogens is 250 g/mol. The Kier molecular flexibility index (Phi) is 7.02. The van der Waals surface area contributed by atoms with E-state index < -0.39 is 0 Å². The summed E-state index contributed by atoms with van der Waals surface area (Å²) >= 11 is 7.89. The van der Waals surface area contributed by atoms with Crippen molar-refractivity contribution >= 4 is 23.4 Å². The molecule has 96 valence electrons. The fourth-order valence-corrected chi connectivity index (χ4v) is 3.30. The molecule has 1 aromatic carbocycles. The molecule has 0 aromatic heterocycles. The summed E-state index contributed by atoms with van der Waals surface area (Å²) in [6, 6.07) is 8.66. The number of rotatable bonds is 7. The maximum atomic E-state index is 6.00. The lowest BCUT2D eigenvalue weighted by Crippen LogP contribution is -2.36. The fourth-order valence-electron chi connectivity index (χ4n) is 1.81. The largest absolute Gasteiger partial charge is 0.313 e. The monoisotopic (exact) mass is 271 g/mol. The first-order chi connectivity index (χ1) is 8.17. The van der Waals surface area contributed by atoms with Gasteiger partial charge in [0.1, 0.15) is 0 Å². The minimum atomic E-state index is 0.560. The van der Waals surface area contributed by atoms with Gasteiger partial charge in [-0.15, -0.1) is 11.8 Å². The van der Waals surface area contributed by atoms with Crippen molar-refractivity contribution in [2.45, 2.75) is 49.8 Å². The lowest BCUT2D eigenvalue weighted by molar-refractivity contribution is 0.494. The second-order valence-electron chi connectivity index (χ2n) is 4.25. The molecule has 0 saturated heterocycles. The summed E-state index contributed by atoms with van der Waals surface area (Å²) in [5.41, 5.74) is 0. The molecule has 0 aliphatic heterocycles. The van der Waals surface area contributed by atoms with Crippen LogP contribution in [0, 0.1) is 0 Å². The van der Waals surface area contributed by atoms with Crippen LogP contribution >= 0.6 is 23.4 Å². The molecule has 0 radical (unpaired) electrons. The summed E-state index contributed by atoms with van der Waals surface area (Å²) in [6.45, 7) is 7.82. The normalized spacial score (nSPS) is 14.6. The van der Waals surface area contributed by atoms with E-state index in [9.17, 15) is 0 Å². The van der Waals surface area contributed by atoms with Gasteiger partial charge in [0.2, 0.25) is 0 Å². The minimum Gasteiger partial charge on any atom is -0.313 e. The Labute approximate surface area is 114 Å². The van der Waals surface area contributed by atoms with Crippen molar-refractivity contribution in [2.24, 2.45) is 0 Å². The highest BCUT2D eigenvalue weighted by Gasteiger charge is 2.15. The van der Waals surface area contributed by atoms with Gasteiger partial charge in [-0.25, -0.2) is 0 Å². The predicted molar refractivity (Wildman–Crippen MR) is 79.1 cm³/mol. The van der Waals surface area contributed by atoms with Gasteiger partial charge in [0.05, 0.1) is 0 Å². The molecule has 17 heavy (non-hydrogen) atoms. The van der Waals surface area contributed by atoms with Crippen LogP contribution in [0.15, 0.2) is 29.2 Å². The summed E-state index contributed by atoms with van der Waals surface area (Å²) in [5, 5.41) is 4.98. The summed E-state index contributed by atoms with van der Waals surface area (Å²) in [6.07, 6.45) is 2.35. The van der Waals surface area contributed by atoms with Gasteiger partial charge in [-0.1, -0.05) is 38.4 Å². The second-order valence-corrected chi connectivity index (χ2v) is 6.14. The van der Waals surface area contributed by atoms with Crippen LogP contribution in [0.1, 0.15) is 33.6 Å². The molecule has 0 spiro atoms. The van der Waals surface area contributed by atoms with E-state index in [1.165, 1.54) is 11.3 Å². The van der Waals surface area contributed by atoms with E-state index in [1.54, 1.807) is 0 Å². The third kappa shape index (κ3) is 5.33. The van der Waals surface area contributed by atoms with Crippen LogP contribution < -0.4 is 5.32 Å². The van der Waals surface area contributed by atoms with E-state index in [0.29, 0.717) is 11.3 Å². The van der Waals surface area contributed by atoms with Crippen molar-refractivity contribution in [3.05, 3.63) is 29.3 Å². The van der Waals surface area contributed by atoms with E-state index in [4.69, 9.17) is 11.6 Å². The van der Waals surface area contributed by atoms with Gasteiger partial charge in [0.25, 0.3) is 0 Å². The van der Waals surface area contributed by atoms with Gasteiger partial charge in [-0.3, -0.25) is 0 Å². The average Bonchev–Trinajstić information content (AvgIpc) is 2.30. The zero-order valence-electron chi connectivity index (χ0n) is 10.9. The molecule has 2 unspecified atom stereocenters. The van der Waals surface area contributed by atoms with Crippen LogP contribution in [0.4, 0.5) is 0 Å². The summed E-state index contributed by atoms with van der Waals surface area (Å²) < 4.78 is 0. The molecule has 1 rings (SSSR count). The van der Waals surface area contributed by atoms with Crippen LogP contribution in [-0.4, -0.2) is 17.8 Å². The first kappa shape index (κ1) is 14.9. The number of hydrogen-bond donors (Lipinski definition) is 1. The maximum absolute atomic E-state index is 6.00. The van der Waals surface area contributed by atoms with Crippen molar-refractivity contribution < 1.29 is 0 Å². The summed E-state index contributed by atoms with van der Waals surface area (Å²) in [7, 11) is 0. The van der Waals surface area contributed by atoms with Gasteiger partial charge in [-0.05, 0) is 37.6 Å². The van der Waals surface area contributed by atoms with E-state index in [1.807, 2.05) is 30.0 Å². The summed E-state index contributed by atoms with van der Waals surface area (Å²) in [5.74, 6) is 0. The number of nitrogens with one attached hydrogen (secondary N) is 1. The number of thioether (sulfide) groups is 1. The van der Waals surface area contributed by atoms with Crippen LogP contribution in [0.5, 0.6) is 0 Å². The molecule has 1 nitrogen and oxygen atoms in total. The highest BCUT2D eigenvalue weighted by molar-refractivity contribution is 8.00. The maximum Gasteiger partial charge on any atom is 0.0417 e. The Morgan fingerprint density at radius 1 is 1.35 bits per heavy atom. The minimum absolute atomic E-state index is 0.560. The molecule has 2 atom stereocenters. The molecule has 0 aliphatic rings. The highest BCUT2D eigenvalue weighted by atomic mass is 35.5. The van der Waals surface area contributed by atoms with Crippen LogP contribution in [0.25, 0.3) is 0 Å². The molecule has 0 aliphatic carbocycles. The topological polar surface area (TPSA) is 12.0 Å². The third-order valence-corrected chi connectivity index (χ3v) is 4.24. The van der Waals surface area contributed by atoms with E-state index in [2.05, 4.69) is 32.2 Å². The Morgan fingerprint density at radius 2 is 2.12 bits per heavy atom. The molecule has 0 saturated carbocycles.